The quantitative estimate of drug-likeness (QED) is 0.499. The minimum absolute atomic E-state index is 0.232. The normalized spacial score (nSPS) is 11.1. The van der Waals surface area contributed by atoms with Crippen LogP contribution in [0.15, 0.2) is 66.0 Å². The van der Waals surface area contributed by atoms with E-state index in [2.05, 4.69) is 20.8 Å². The second-order valence-electron chi connectivity index (χ2n) is 5.51. The molecule has 0 aliphatic heterocycles. The minimum Gasteiger partial charge on any atom is -0.321 e. The number of amides is 2. The molecule has 3 rings (SSSR count). The number of nitrogens with one attached hydrogen (secondary N) is 2. The number of carbonyl (C=O) groups is 2. The van der Waals surface area contributed by atoms with Crippen LogP contribution in [-0.4, -0.2) is 22.5 Å². The van der Waals surface area contributed by atoms with Gasteiger partial charge in [0, 0.05) is 23.6 Å². The maximum Gasteiger partial charge on any atom is 0.271 e. The number of carbonyl (C=O) groups excluding carboxylic acids is 2. The van der Waals surface area contributed by atoms with Gasteiger partial charge in [0.2, 0.25) is 0 Å². The highest BCUT2D eigenvalue weighted by Gasteiger charge is 2.10. The van der Waals surface area contributed by atoms with Gasteiger partial charge in [-0.15, -0.1) is 11.3 Å². The molecule has 6 nitrogen and oxygen atoms in total. The number of pyridine rings is 1. The topological polar surface area (TPSA) is 83.4 Å². The molecule has 0 atom stereocenters. The summed E-state index contributed by atoms with van der Waals surface area (Å²) in [7, 11) is 0. The van der Waals surface area contributed by atoms with Crippen LogP contribution in [-0.2, 0) is 0 Å². The Kier molecular flexibility index (Phi) is 5.95. The Balaban J connectivity index is 1.68. The van der Waals surface area contributed by atoms with Crippen molar-refractivity contribution in [3.63, 3.8) is 0 Å². The summed E-state index contributed by atoms with van der Waals surface area (Å²) >= 11 is 7.08. The SMILES string of the molecule is CC(=NNC(=O)c1ccncc1)c1cccc(NC(=O)c2ccc(Cl)s2)c1. The van der Waals surface area contributed by atoms with E-state index in [-0.39, 0.29) is 11.8 Å². The molecule has 8 heteroatoms. The molecule has 0 spiro atoms. The molecule has 2 aromatic heterocycles. The van der Waals surface area contributed by atoms with Crippen molar-refractivity contribution in [2.45, 2.75) is 6.92 Å². The molecule has 0 aliphatic carbocycles. The van der Waals surface area contributed by atoms with Crippen molar-refractivity contribution in [3.05, 3.63) is 81.3 Å². The molecule has 0 saturated carbocycles. The molecular formula is C19H15ClN4O2S. The lowest BCUT2D eigenvalue weighted by Gasteiger charge is -2.07. The first-order valence-electron chi connectivity index (χ1n) is 7.95. The van der Waals surface area contributed by atoms with E-state index < -0.39 is 0 Å². The molecule has 0 fully saturated rings. The Morgan fingerprint density at radius 1 is 1.04 bits per heavy atom. The van der Waals surface area contributed by atoms with Gasteiger partial charge in [-0.2, -0.15) is 5.10 Å². The van der Waals surface area contributed by atoms with E-state index in [1.165, 1.54) is 11.3 Å². The van der Waals surface area contributed by atoms with Gasteiger partial charge in [0.1, 0.15) is 0 Å². The lowest BCUT2D eigenvalue weighted by molar-refractivity contribution is 0.0954. The van der Waals surface area contributed by atoms with E-state index in [0.29, 0.717) is 26.2 Å². The molecular weight excluding hydrogens is 384 g/mol. The summed E-state index contributed by atoms with van der Waals surface area (Å²) in [6, 6.07) is 13.8. The van der Waals surface area contributed by atoms with Gasteiger partial charge >= 0.3 is 0 Å². The number of rotatable bonds is 5. The van der Waals surface area contributed by atoms with Crippen LogP contribution in [0.2, 0.25) is 4.34 Å². The zero-order valence-electron chi connectivity index (χ0n) is 14.3. The zero-order chi connectivity index (χ0) is 19.2. The Bertz CT molecular complexity index is 1000. The first-order chi connectivity index (χ1) is 13.0. The fourth-order valence-electron chi connectivity index (χ4n) is 2.22. The molecule has 3 aromatic rings. The standard InChI is InChI=1S/C19H15ClN4O2S/c1-12(23-24-18(25)13-7-9-21-10-8-13)14-3-2-4-15(11-14)22-19(26)16-5-6-17(20)27-16/h2-11H,1H3,(H,22,26)(H,24,25). The van der Waals surface area contributed by atoms with Crippen LogP contribution in [0.5, 0.6) is 0 Å². The van der Waals surface area contributed by atoms with Crippen molar-refractivity contribution >= 4 is 46.2 Å². The fourth-order valence-corrected chi connectivity index (χ4v) is 3.16. The third-order valence-electron chi connectivity index (χ3n) is 3.60. The van der Waals surface area contributed by atoms with Crippen molar-refractivity contribution in [1.29, 1.82) is 0 Å². The number of thiophene rings is 1. The number of hydrogen-bond acceptors (Lipinski definition) is 5. The molecule has 0 aliphatic rings. The summed E-state index contributed by atoms with van der Waals surface area (Å²) < 4.78 is 0.557. The van der Waals surface area contributed by atoms with Gasteiger partial charge in [-0.05, 0) is 48.9 Å². The molecule has 2 N–H and O–H groups in total. The van der Waals surface area contributed by atoms with Crippen molar-refractivity contribution in [2.75, 3.05) is 5.32 Å². The Morgan fingerprint density at radius 3 is 2.52 bits per heavy atom. The molecule has 2 amide bonds. The molecule has 0 bridgehead atoms. The van der Waals surface area contributed by atoms with Crippen LogP contribution >= 0.6 is 22.9 Å². The van der Waals surface area contributed by atoms with Gasteiger partial charge in [-0.25, -0.2) is 5.43 Å². The number of nitrogens with zero attached hydrogens (tertiary/aromatic N) is 2. The van der Waals surface area contributed by atoms with Gasteiger partial charge in [-0.3, -0.25) is 14.6 Å². The number of halogens is 1. The summed E-state index contributed by atoms with van der Waals surface area (Å²) in [5, 5.41) is 6.94. The number of aromatic nitrogens is 1. The fraction of sp³-hybridized carbons (Fsp3) is 0.0526. The lowest BCUT2D eigenvalue weighted by atomic mass is 10.1. The summed E-state index contributed by atoms with van der Waals surface area (Å²) in [6.45, 7) is 1.77. The molecule has 0 radical (unpaired) electrons. The highest BCUT2D eigenvalue weighted by Crippen LogP contribution is 2.22. The molecule has 27 heavy (non-hydrogen) atoms. The van der Waals surface area contributed by atoms with Gasteiger partial charge in [0.25, 0.3) is 11.8 Å². The zero-order valence-corrected chi connectivity index (χ0v) is 15.8. The van der Waals surface area contributed by atoms with Crippen LogP contribution in [0.4, 0.5) is 5.69 Å². The van der Waals surface area contributed by atoms with E-state index in [4.69, 9.17) is 11.6 Å². The predicted molar refractivity (Wildman–Crippen MR) is 108 cm³/mol. The second-order valence-corrected chi connectivity index (χ2v) is 7.23. The van der Waals surface area contributed by atoms with E-state index in [1.807, 2.05) is 6.07 Å². The highest BCUT2D eigenvalue weighted by molar-refractivity contribution is 7.18. The first kappa shape index (κ1) is 18.8. The van der Waals surface area contributed by atoms with Crippen LogP contribution in [0, 0.1) is 0 Å². The average Bonchev–Trinajstić information content (AvgIpc) is 3.13. The monoisotopic (exact) mass is 398 g/mol. The molecule has 0 unspecified atom stereocenters. The van der Waals surface area contributed by atoms with Gasteiger partial charge in [0.05, 0.1) is 14.9 Å². The predicted octanol–water partition coefficient (Wildman–Crippen LogP) is 4.20. The summed E-state index contributed by atoms with van der Waals surface area (Å²) in [4.78, 5) is 28.7. The van der Waals surface area contributed by atoms with Crippen molar-refractivity contribution in [1.82, 2.24) is 10.4 Å². The van der Waals surface area contributed by atoms with Crippen LogP contribution in [0.25, 0.3) is 0 Å². The van der Waals surface area contributed by atoms with Crippen LogP contribution in [0.1, 0.15) is 32.5 Å². The van der Waals surface area contributed by atoms with E-state index in [9.17, 15) is 9.59 Å². The Labute approximate surface area is 164 Å². The minimum atomic E-state index is -0.323. The van der Waals surface area contributed by atoms with Gasteiger partial charge in [-0.1, -0.05) is 23.7 Å². The van der Waals surface area contributed by atoms with Crippen LogP contribution < -0.4 is 10.7 Å². The van der Waals surface area contributed by atoms with E-state index >= 15 is 0 Å². The van der Waals surface area contributed by atoms with Crippen molar-refractivity contribution in [2.24, 2.45) is 5.10 Å². The summed E-state index contributed by atoms with van der Waals surface area (Å²) in [5.74, 6) is -0.555. The third-order valence-corrected chi connectivity index (χ3v) is 4.83. The number of hydrogen-bond donors (Lipinski definition) is 2. The lowest BCUT2D eigenvalue weighted by Crippen LogP contribution is -2.19. The largest absolute Gasteiger partial charge is 0.321 e. The molecule has 2 heterocycles. The molecule has 0 saturated heterocycles. The number of benzene rings is 1. The Morgan fingerprint density at radius 2 is 1.81 bits per heavy atom. The second kappa shape index (κ2) is 8.57. The van der Waals surface area contributed by atoms with E-state index in [0.717, 1.165) is 5.56 Å². The van der Waals surface area contributed by atoms with Crippen molar-refractivity contribution < 1.29 is 9.59 Å². The maximum absolute atomic E-state index is 12.2. The number of anilines is 1. The summed E-state index contributed by atoms with van der Waals surface area (Å²) in [6.07, 6.45) is 3.08. The number of hydrazone groups is 1. The molecule has 1 aromatic carbocycles. The van der Waals surface area contributed by atoms with Crippen molar-refractivity contribution in [3.8, 4) is 0 Å². The van der Waals surface area contributed by atoms with Crippen LogP contribution in [0.3, 0.4) is 0 Å². The third kappa shape index (κ3) is 4.99. The smallest absolute Gasteiger partial charge is 0.271 e. The average molecular weight is 399 g/mol. The first-order valence-corrected chi connectivity index (χ1v) is 9.14. The van der Waals surface area contributed by atoms with Gasteiger partial charge in [0.15, 0.2) is 0 Å². The maximum atomic E-state index is 12.2. The Hall–Kier alpha value is -3.03. The molecule has 136 valence electrons. The van der Waals surface area contributed by atoms with E-state index in [1.54, 1.807) is 61.8 Å². The summed E-state index contributed by atoms with van der Waals surface area (Å²) in [5.41, 5.74) is 4.97. The van der Waals surface area contributed by atoms with Gasteiger partial charge < -0.3 is 5.32 Å². The highest BCUT2D eigenvalue weighted by atomic mass is 35.5.